The van der Waals surface area contributed by atoms with Crippen LogP contribution in [-0.2, 0) is 125 Å². The van der Waals surface area contributed by atoms with E-state index >= 15 is 0 Å². The number of Topliss-reactive ketones (excluding diaryl/α,β-unsaturated/α-hetero) is 5. The molecule has 15 unspecified atom stereocenters. The Balaban J connectivity index is 0.888. The monoisotopic (exact) mass is 2100 g/mol. The number of unbranched alkanes of at least 4 members (excludes halogenated alkanes) is 8. The molecule has 0 spiro atoms. The number of carbonyl (C=O) groups excluding carboxylic acids is 12. The first-order valence-electron chi connectivity index (χ1n) is 54.2. The number of aliphatic hydroxyl groups is 1. The van der Waals surface area contributed by atoms with Gasteiger partial charge in [0.05, 0.1) is 90.9 Å². The van der Waals surface area contributed by atoms with Gasteiger partial charge in [0.15, 0.2) is 18.9 Å². The fourth-order valence-corrected chi connectivity index (χ4v) is 21.2. The summed E-state index contributed by atoms with van der Waals surface area (Å²) in [6, 6.07) is 25.1. The van der Waals surface area contributed by atoms with Crippen molar-refractivity contribution in [1.82, 2.24) is 20.9 Å². The molecule has 3 aromatic carbocycles. The average molecular weight is 2100 g/mol. The molecule has 147 heavy (non-hydrogen) atoms. The predicted octanol–water partition coefficient (Wildman–Crippen LogP) is 16.9. The molecule has 0 bridgehead atoms. The number of ether oxygens (including phenoxy) is 15. The Bertz CT molecular complexity index is 4070. The minimum Gasteiger partial charge on any atom is -0.497 e. The van der Waals surface area contributed by atoms with Crippen LogP contribution in [-0.4, -0.2) is 268 Å². The second-order valence-corrected chi connectivity index (χ2v) is 43.6. The van der Waals surface area contributed by atoms with Gasteiger partial charge in [-0.25, -0.2) is 0 Å². The third-order valence-corrected chi connectivity index (χ3v) is 32.0. The maximum atomic E-state index is 14.4. The van der Waals surface area contributed by atoms with Crippen LogP contribution in [0.5, 0.6) is 11.5 Å². The van der Waals surface area contributed by atoms with Crippen molar-refractivity contribution >= 4 is 92.0 Å². The molecule has 7 rings (SSSR count). The van der Waals surface area contributed by atoms with Crippen molar-refractivity contribution < 1.29 is 134 Å². The normalized spacial score (nSPS) is 22.9. The highest BCUT2D eigenvalue weighted by Crippen LogP contribution is 2.45. The van der Waals surface area contributed by atoms with Crippen molar-refractivity contribution in [3.8, 4) is 11.5 Å². The number of amides is 4. The van der Waals surface area contributed by atoms with Crippen LogP contribution in [0.3, 0.4) is 0 Å². The first kappa shape index (κ1) is 126. The highest BCUT2D eigenvalue weighted by Gasteiger charge is 2.46. The highest BCUT2D eigenvalue weighted by molar-refractivity contribution is 8.76. The van der Waals surface area contributed by atoms with Crippen LogP contribution in [0.2, 0.25) is 0 Å². The molecule has 32 nitrogen and oxygen atoms in total. The number of carbonyl (C=O) groups is 12. The van der Waals surface area contributed by atoms with Gasteiger partial charge in [-0.1, -0.05) is 151 Å². The Morgan fingerprint density at radius 2 is 0.721 bits per heavy atom. The van der Waals surface area contributed by atoms with Crippen LogP contribution < -0.4 is 25.4 Å². The molecule has 4 aliphatic rings. The predicted molar refractivity (Wildman–Crippen MR) is 563 cm³/mol. The van der Waals surface area contributed by atoms with Gasteiger partial charge in [-0.3, -0.25) is 57.5 Å². The van der Waals surface area contributed by atoms with Crippen LogP contribution in [0, 0.1) is 58.7 Å². The number of rotatable bonds is 78. The second-order valence-electron chi connectivity index (χ2n) is 40.9. The lowest BCUT2D eigenvalue weighted by Gasteiger charge is -2.43. The molecule has 4 fully saturated rings. The quantitative estimate of drug-likeness (QED) is 0.0134. The zero-order valence-corrected chi connectivity index (χ0v) is 92.0. The van der Waals surface area contributed by atoms with Gasteiger partial charge in [0.25, 0.3) is 0 Å². The zero-order valence-electron chi connectivity index (χ0n) is 90.4. The maximum absolute atomic E-state index is 14.4. The Labute approximate surface area is 882 Å². The second kappa shape index (κ2) is 70.4. The van der Waals surface area contributed by atoms with Gasteiger partial charge in [-0.15, -0.1) is 0 Å². The summed E-state index contributed by atoms with van der Waals surface area (Å²) < 4.78 is 90.1. The third kappa shape index (κ3) is 46.7. The maximum Gasteiger partial charge on any atom is 0.302 e. The first-order chi connectivity index (χ1) is 70.7. The lowest BCUT2D eigenvalue weighted by molar-refractivity contribution is -0.255. The first-order valence-corrected chi connectivity index (χ1v) is 56.7. The van der Waals surface area contributed by atoms with Crippen molar-refractivity contribution in [3.05, 3.63) is 95.6 Å². The molecule has 4 N–H and O–H groups in total. The molecule has 34 heteroatoms. The van der Waals surface area contributed by atoms with Crippen molar-refractivity contribution in [1.29, 1.82) is 0 Å². The smallest absolute Gasteiger partial charge is 0.302 e. The summed E-state index contributed by atoms with van der Waals surface area (Å²) in [5, 5.41) is 19.9. The van der Waals surface area contributed by atoms with Crippen molar-refractivity contribution in [3.63, 3.8) is 0 Å². The Morgan fingerprint density at radius 3 is 1.14 bits per heavy atom. The van der Waals surface area contributed by atoms with E-state index in [1.165, 1.54) is 20.8 Å². The van der Waals surface area contributed by atoms with Gasteiger partial charge in [0.2, 0.25) is 23.6 Å². The molecule has 4 amide bonds. The molecular weight excluding hydrogens is 1930 g/mol. The Morgan fingerprint density at radius 1 is 0.367 bits per heavy atom. The lowest BCUT2D eigenvalue weighted by Crippen LogP contribution is -2.47. The number of nitrogens with one attached hydrogen (secondary N) is 3. The number of esters is 3. The van der Waals surface area contributed by atoms with E-state index in [2.05, 4.69) is 78.3 Å². The van der Waals surface area contributed by atoms with E-state index in [0.717, 1.165) is 16.7 Å². The minimum absolute atomic E-state index is 0.0232. The number of aliphatic hydroxyl groups excluding tert-OH is 1. The summed E-state index contributed by atoms with van der Waals surface area (Å²) in [5.74, 6) is 2.85. The van der Waals surface area contributed by atoms with Crippen LogP contribution in [0.4, 0.5) is 0 Å². The molecule has 0 aromatic heterocycles. The standard InChI is InChI=1S/C113H176N4O28S2/c1-78-81(4)102(72-139-87(10)118)143-109(84(78)7)136-60-29-26-40-94(121)36-20-16-22-38-96(123)54-63-133-75-112(76-134-64-55-97(124)39-23-17-21-37-95(122)41-27-30-61-137-110-85(8)79(2)82(5)103(144-110)73-140-88(11)119,77-135-65-56-107(129)115-58-33-57-114-105(127)44-28-31-62-138-111-86(9)80(3)83(6)104(145-111)74-141-89(12)120)69-98(125)42-24-25-43-106(128)116-59-67-147-146-66-32-45-108(130)117-70-99(126)68-93(117)71-142-113(90-34-18-15-19-35-90,91-46-50-100(131-13)51-47-91)92-48-52-101(132-14)53-49-92/h15,18-19,34-35,46-53,78-86,93,99,102-104,109-111,126H,16-17,20-33,36-45,54-77H2,1-14H3,(H,114,127)(H,115,129)(H,116,128)/t78?,79?,80?,81?,82?,83?,84?,85?,86?,93-,99+,102?,103?,104?,109?,110?,111?,112?/m0/s1. The van der Waals surface area contributed by atoms with Gasteiger partial charge in [0.1, 0.15) is 65.8 Å². The minimum atomic E-state index is -1.15. The molecule has 4 heterocycles. The molecule has 828 valence electrons. The summed E-state index contributed by atoms with van der Waals surface area (Å²) in [6.07, 6.45) is 10.3. The lowest BCUT2D eigenvalue weighted by atomic mass is 9.79. The van der Waals surface area contributed by atoms with Gasteiger partial charge in [-0.05, 0) is 173 Å². The summed E-state index contributed by atoms with van der Waals surface area (Å²) >= 11 is 0. The van der Waals surface area contributed by atoms with Crippen molar-refractivity contribution in [2.24, 2.45) is 58.7 Å². The van der Waals surface area contributed by atoms with E-state index in [-0.39, 0.29) is 285 Å². The summed E-state index contributed by atoms with van der Waals surface area (Å²) in [6.45, 7) is 26.0. The topological polar surface area (TPSA) is 403 Å². The van der Waals surface area contributed by atoms with Crippen LogP contribution in [0.25, 0.3) is 0 Å². The van der Waals surface area contributed by atoms with Crippen molar-refractivity contribution in [2.75, 3.05) is 138 Å². The van der Waals surface area contributed by atoms with Crippen LogP contribution in [0.15, 0.2) is 78.9 Å². The number of ketones is 5. The number of hydrogen-bond donors (Lipinski definition) is 4. The van der Waals surface area contributed by atoms with E-state index in [1.807, 2.05) is 78.9 Å². The van der Waals surface area contributed by atoms with E-state index < -0.39 is 36.0 Å². The number of likely N-dealkylation sites (tertiary alicyclic amines) is 1. The molecule has 0 radical (unpaired) electrons. The fraction of sp³-hybridized carbons (Fsp3) is 0.735. The molecule has 4 saturated heterocycles. The molecule has 0 aliphatic carbocycles. The van der Waals surface area contributed by atoms with E-state index in [4.69, 9.17) is 71.1 Å². The SMILES string of the molecule is COc1ccc(C(OC[C@@H]2C[C@@H](O)CN2C(=O)CCCSSCCNC(=O)CCCCC(=O)CC(COCCC(=O)CCCCCC(=O)CCCCOC2OC(COC(C)=O)C(C)C(C)C2C)(COCCC(=O)CCCCCC(=O)CCCCOC2OC(COC(C)=O)C(C)C(C)C2C)COCCC(=O)NCCCNC(=O)CCCCOC2OC(COC(C)=O)C(C)C(C)C2C)(c2ccccc2)c2ccc(OC)cc2)cc1. The van der Waals surface area contributed by atoms with E-state index in [9.17, 15) is 62.6 Å². The third-order valence-electron chi connectivity index (χ3n) is 29.5. The summed E-state index contributed by atoms with van der Waals surface area (Å²) in [7, 11) is 6.45. The number of methoxy groups -OCH3 is 2. The van der Waals surface area contributed by atoms with E-state index in [0.29, 0.717) is 197 Å². The van der Waals surface area contributed by atoms with E-state index in [1.54, 1.807) is 40.7 Å². The summed E-state index contributed by atoms with van der Waals surface area (Å²) in [4.78, 5) is 157. The van der Waals surface area contributed by atoms with Gasteiger partial charge < -0.3 is 97.0 Å². The molecule has 3 aromatic rings. The molecule has 0 saturated carbocycles. The van der Waals surface area contributed by atoms with Crippen LogP contribution >= 0.6 is 21.6 Å². The Kier molecular flexibility index (Phi) is 60.4. The molecule has 17 atom stereocenters. The fourth-order valence-electron chi connectivity index (χ4n) is 19.2. The van der Waals surface area contributed by atoms with Gasteiger partial charge in [-0.2, -0.15) is 0 Å². The van der Waals surface area contributed by atoms with Crippen molar-refractivity contribution in [2.45, 2.75) is 337 Å². The van der Waals surface area contributed by atoms with Gasteiger partial charge in [0, 0.05) is 191 Å². The highest BCUT2D eigenvalue weighted by atomic mass is 33.1. The van der Waals surface area contributed by atoms with Crippen LogP contribution in [0.1, 0.15) is 299 Å². The average Bonchev–Trinajstić information content (AvgIpc) is 1.42. The largest absolute Gasteiger partial charge is 0.497 e. The molecular formula is C113H176N4O28S2. The van der Waals surface area contributed by atoms with Gasteiger partial charge >= 0.3 is 17.9 Å². The summed E-state index contributed by atoms with van der Waals surface area (Å²) in [5.41, 5.74) is 0.348. The molecule has 4 aliphatic heterocycles. The number of nitrogens with zero attached hydrogens (tertiary/aromatic N) is 1. The number of hydrogen-bond acceptors (Lipinski definition) is 30. The number of β-amino-alcohol motifs (C(OH)–C–C–N with tert-alkyl or cyclic N) is 1. The number of benzene rings is 3. The Hall–Kier alpha value is -7.84. The zero-order chi connectivity index (χ0) is 107.